The maximum Gasteiger partial charge on any atom is 0.573 e. The van der Waals surface area contributed by atoms with Gasteiger partial charge in [0.25, 0.3) is 0 Å². The zero-order valence-corrected chi connectivity index (χ0v) is 7.66. The zero-order chi connectivity index (χ0) is 11.5. The van der Waals surface area contributed by atoms with Gasteiger partial charge in [0.1, 0.15) is 5.75 Å². The summed E-state index contributed by atoms with van der Waals surface area (Å²) >= 11 is 0. The van der Waals surface area contributed by atoms with E-state index in [1.165, 1.54) is 18.2 Å². The molecule has 0 saturated heterocycles. The summed E-state index contributed by atoms with van der Waals surface area (Å²) < 4.78 is 39.6. The van der Waals surface area contributed by atoms with E-state index in [0.29, 0.717) is 0 Å². The molecule has 6 heteroatoms. The molecule has 3 N–H and O–H groups in total. The Morgan fingerprint density at radius 2 is 1.93 bits per heavy atom. The number of hydrogen-bond acceptors (Lipinski definition) is 3. The normalized spacial score (nSPS) is 13.7. The second-order valence-electron chi connectivity index (χ2n) is 2.84. The maximum absolute atomic E-state index is 12.0. The summed E-state index contributed by atoms with van der Waals surface area (Å²) in [6.07, 6.45) is -5.94. The van der Waals surface area contributed by atoms with Gasteiger partial charge in [0.05, 0.1) is 6.10 Å². The van der Waals surface area contributed by atoms with E-state index in [1.54, 1.807) is 0 Å². The number of aliphatic hydroxyl groups is 1. The van der Waals surface area contributed by atoms with Gasteiger partial charge in [0.2, 0.25) is 0 Å². The van der Waals surface area contributed by atoms with Gasteiger partial charge in [-0.15, -0.1) is 13.2 Å². The number of ether oxygens (including phenoxy) is 1. The molecule has 0 aliphatic carbocycles. The molecule has 0 fully saturated rings. The molecule has 1 aromatic rings. The lowest BCUT2D eigenvalue weighted by Gasteiger charge is -2.15. The molecule has 0 heterocycles. The van der Waals surface area contributed by atoms with Crippen LogP contribution in [0.25, 0.3) is 0 Å². The summed E-state index contributed by atoms with van der Waals surface area (Å²) in [5, 5.41) is 9.33. The fraction of sp³-hybridized carbons (Fsp3) is 0.333. The minimum absolute atomic E-state index is 0.0253. The smallest absolute Gasteiger partial charge is 0.405 e. The second-order valence-corrected chi connectivity index (χ2v) is 2.84. The molecule has 0 amide bonds. The molecule has 0 aliphatic rings. The summed E-state index contributed by atoms with van der Waals surface area (Å²) in [6, 6.07) is 5.34. The lowest BCUT2D eigenvalue weighted by atomic mass is 10.1. The van der Waals surface area contributed by atoms with Crippen LogP contribution in [0.5, 0.6) is 5.75 Å². The summed E-state index contributed by atoms with van der Waals surface area (Å²) in [4.78, 5) is 0. The van der Waals surface area contributed by atoms with E-state index in [0.717, 1.165) is 6.07 Å². The predicted octanol–water partition coefficient (Wildman–Crippen LogP) is 1.58. The molecule has 1 atom stereocenters. The molecule has 1 aromatic carbocycles. The van der Waals surface area contributed by atoms with Gasteiger partial charge >= 0.3 is 6.36 Å². The van der Waals surface area contributed by atoms with Crippen LogP contribution >= 0.6 is 0 Å². The SMILES string of the molecule is NC[C@H](O)c1ccccc1OC(F)(F)F. The summed E-state index contributed by atoms with van der Waals surface area (Å²) in [5.41, 5.74) is 5.18. The highest BCUT2D eigenvalue weighted by atomic mass is 19.4. The zero-order valence-electron chi connectivity index (χ0n) is 7.66. The third-order valence-electron chi connectivity index (χ3n) is 1.73. The Balaban J connectivity index is 2.96. The van der Waals surface area contributed by atoms with Crippen LogP contribution in [0.3, 0.4) is 0 Å². The molecule has 0 spiro atoms. The highest BCUT2D eigenvalue weighted by molar-refractivity contribution is 5.35. The highest BCUT2D eigenvalue weighted by Gasteiger charge is 2.32. The van der Waals surface area contributed by atoms with Crippen molar-refractivity contribution < 1.29 is 23.0 Å². The first-order valence-corrected chi connectivity index (χ1v) is 4.17. The van der Waals surface area contributed by atoms with Crippen LogP contribution in [0.4, 0.5) is 13.2 Å². The van der Waals surface area contributed by atoms with Crippen LogP contribution in [0, 0.1) is 0 Å². The minimum atomic E-state index is -4.77. The Kier molecular flexibility index (Phi) is 3.54. The molecule has 0 radical (unpaired) electrons. The van der Waals surface area contributed by atoms with Gasteiger partial charge in [-0.3, -0.25) is 0 Å². The number of rotatable bonds is 3. The average molecular weight is 221 g/mol. The van der Waals surface area contributed by atoms with Crippen molar-refractivity contribution in [2.24, 2.45) is 5.73 Å². The van der Waals surface area contributed by atoms with E-state index in [-0.39, 0.29) is 12.1 Å². The molecule has 0 saturated carbocycles. The molecule has 1 rings (SSSR count). The first kappa shape index (κ1) is 11.8. The van der Waals surface area contributed by atoms with Gasteiger partial charge < -0.3 is 15.6 Å². The number of para-hydroxylation sites is 1. The average Bonchev–Trinajstić information content (AvgIpc) is 2.15. The van der Waals surface area contributed by atoms with E-state index in [1.807, 2.05) is 0 Å². The Labute approximate surface area is 84.3 Å². The standard InChI is InChI=1S/C9H10F3NO2/c10-9(11,12)15-8-4-2-1-3-6(8)7(14)5-13/h1-4,7,14H,5,13H2/t7-/m0/s1. The van der Waals surface area contributed by atoms with Gasteiger partial charge in [-0.05, 0) is 6.07 Å². The van der Waals surface area contributed by atoms with Gasteiger partial charge in [-0.1, -0.05) is 18.2 Å². The van der Waals surface area contributed by atoms with E-state index in [4.69, 9.17) is 5.73 Å². The number of hydrogen-bond donors (Lipinski definition) is 2. The van der Waals surface area contributed by atoms with Crippen LogP contribution in [0.15, 0.2) is 24.3 Å². The minimum Gasteiger partial charge on any atom is -0.405 e. The third kappa shape index (κ3) is 3.41. The lowest BCUT2D eigenvalue weighted by molar-refractivity contribution is -0.275. The fourth-order valence-electron chi connectivity index (χ4n) is 1.10. The monoisotopic (exact) mass is 221 g/mol. The number of halogens is 3. The molecule has 84 valence electrons. The Hall–Kier alpha value is -1.27. The number of benzene rings is 1. The predicted molar refractivity (Wildman–Crippen MR) is 47.1 cm³/mol. The highest BCUT2D eigenvalue weighted by Crippen LogP contribution is 2.29. The summed E-state index contributed by atoms with van der Waals surface area (Å²) in [7, 11) is 0. The number of aliphatic hydroxyl groups excluding tert-OH is 1. The first-order valence-electron chi connectivity index (χ1n) is 4.17. The van der Waals surface area contributed by atoms with Crippen molar-refractivity contribution >= 4 is 0 Å². The van der Waals surface area contributed by atoms with Crippen molar-refractivity contribution in [3.05, 3.63) is 29.8 Å². The molecule has 0 aliphatic heterocycles. The molecular formula is C9H10F3NO2. The van der Waals surface area contributed by atoms with Crippen LogP contribution in [-0.2, 0) is 0 Å². The third-order valence-corrected chi connectivity index (χ3v) is 1.73. The van der Waals surface area contributed by atoms with E-state index in [9.17, 15) is 18.3 Å². The molecule has 15 heavy (non-hydrogen) atoms. The van der Waals surface area contributed by atoms with Gasteiger partial charge in [-0.2, -0.15) is 0 Å². The van der Waals surface area contributed by atoms with Crippen molar-refractivity contribution in [2.45, 2.75) is 12.5 Å². The first-order chi connectivity index (χ1) is 6.94. The van der Waals surface area contributed by atoms with Crippen LogP contribution < -0.4 is 10.5 Å². The largest absolute Gasteiger partial charge is 0.573 e. The van der Waals surface area contributed by atoms with Crippen molar-refractivity contribution in [3.63, 3.8) is 0 Å². The van der Waals surface area contributed by atoms with Gasteiger partial charge in [0, 0.05) is 12.1 Å². The van der Waals surface area contributed by atoms with Crippen molar-refractivity contribution in [1.82, 2.24) is 0 Å². The maximum atomic E-state index is 12.0. The molecule has 0 unspecified atom stereocenters. The van der Waals surface area contributed by atoms with Crippen molar-refractivity contribution in [1.29, 1.82) is 0 Å². The van der Waals surface area contributed by atoms with E-state index in [2.05, 4.69) is 4.74 Å². The molecule has 0 aromatic heterocycles. The van der Waals surface area contributed by atoms with Crippen molar-refractivity contribution in [3.8, 4) is 5.75 Å². The molecular weight excluding hydrogens is 211 g/mol. The topological polar surface area (TPSA) is 55.5 Å². The van der Waals surface area contributed by atoms with Crippen molar-refractivity contribution in [2.75, 3.05) is 6.54 Å². The summed E-state index contributed by atoms with van der Waals surface area (Å²) in [6.45, 7) is -0.168. The molecule has 3 nitrogen and oxygen atoms in total. The quantitative estimate of drug-likeness (QED) is 0.814. The Morgan fingerprint density at radius 3 is 2.47 bits per heavy atom. The molecule has 0 bridgehead atoms. The lowest BCUT2D eigenvalue weighted by Crippen LogP contribution is -2.20. The van der Waals surface area contributed by atoms with E-state index >= 15 is 0 Å². The van der Waals surface area contributed by atoms with Crippen LogP contribution in [0.1, 0.15) is 11.7 Å². The number of alkyl halides is 3. The van der Waals surface area contributed by atoms with Crippen LogP contribution in [0.2, 0.25) is 0 Å². The van der Waals surface area contributed by atoms with Gasteiger partial charge in [-0.25, -0.2) is 0 Å². The second kappa shape index (κ2) is 4.50. The van der Waals surface area contributed by atoms with Gasteiger partial charge in [0.15, 0.2) is 0 Å². The summed E-state index contributed by atoms with van der Waals surface area (Å²) in [5.74, 6) is -0.428. The van der Waals surface area contributed by atoms with Crippen LogP contribution in [-0.4, -0.2) is 18.0 Å². The van der Waals surface area contributed by atoms with E-state index < -0.39 is 18.2 Å². The Morgan fingerprint density at radius 1 is 1.33 bits per heavy atom. The fourth-order valence-corrected chi connectivity index (χ4v) is 1.10. The number of nitrogens with two attached hydrogens (primary N) is 1. The Bertz CT molecular complexity index is 327.